The zero-order chi connectivity index (χ0) is 18.2. The van der Waals surface area contributed by atoms with Crippen molar-refractivity contribution in [1.82, 2.24) is 35.1 Å². The molecule has 3 heterocycles. The minimum atomic E-state index is -0.288. The predicted molar refractivity (Wildman–Crippen MR) is 93.9 cm³/mol. The van der Waals surface area contributed by atoms with Gasteiger partial charge >= 0.3 is 0 Å². The van der Waals surface area contributed by atoms with E-state index in [0.29, 0.717) is 17.1 Å². The highest BCUT2D eigenvalue weighted by Gasteiger charge is 2.15. The van der Waals surface area contributed by atoms with Crippen molar-refractivity contribution in [3.63, 3.8) is 0 Å². The summed E-state index contributed by atoms with van der Waals surface area (Å²) in [6.45, 7) is 0.261. The van der Waals surface area contributed by atoms with E-state index in [0.717, 1.165) is 16.6 Å². The Morgan fingerprint density at radius 3 is 3.00 bits per heavy atom. The largest absolute Gasteiger partial charge is 0.345 e. The number of aromatic amines is 1. The Hall–Kier alpha value is -3.88. The minimum Gasteiger partial charge on any atom is -0.345 e. The van der Waals surface area contributed by atoms with Crippen LogP contribution in [-0.4, -0.2) is 35.1 Å². The lowest BCUT2D eigenvalue weighted by Crippen LogP contribution is -2.02. The van der Waals surface area contributed by atoms with E-state index in [4.69, 9.17) is 4.52 Å². The molecule has 0 radical (unpaired) electrons. The maximum absolute atomic E-state index is 13.8. The van der Waals surface area contributed by atoms with Crippen molar-refractivity contribution in [2.75, 3.05) is 0 Å². The molecule has 0 amide bonds. The van der Waals surface area contributed by atoms with E-state index in [2.05, 4.69) is 30.4 Å². The summed E-state index contributed by atoms with van der Waals surface area (Å²) in [5.74, 6) is 0.392. The van der Waals surface area contributed by atoms with E-state index in [1.807, 2.05) is 18.2 Å². The van der Waals surface area contributed by atoms with Gasteiger partial charge in [-0.05, 0) is 24.3 Å². The predicted octanol–water partition coefficient (Wildman–Crippen LogP) is 3.06. The van der Waals surface area contributed by atoms with Crippen molar-refractivity contribution in [3.05, 3.63) is 66.4 Å². The summed E-state index contributed by atoms with van der Waals surface area (Å²) in [5.41, 5.74) is 3.48. The first-order valence-corrected chi connectivity index (χ1v) is 8.17. The van der Waals surface area contributed by atoms with Crippen LogP contribution in [0.25, 0.3) is 34.0 Å². The van der Waals surface area contributed by atoms with E-state index in [9.17, 15) is 4.39 Å². The van der Waals surface area contributed by atoms with E-state index >= 15 is 0 Å². The van der Waals surface area contributed by atoms with Gasteiger partial charge in [0, 0.05) is 11.1 Å². The fraction of sp³-hybridized carbons (Fsp3) is 0.0556. The molecule has 0 atom stereocenters. The number of H-pyrrole nitrogens is 1. The molecule has 27 heavy (non-hydrogen) atoms. The zero-order valence-electron chi connectivity index (χ0n) is 13.9. The third kappa shape index (κ3) is 2.84. The number of benzene rings is 2. The van der Waals surface area contributed by atoms with E-state index in [-0.39, 0.29) is 18.3 Å². The highest BCUT2D eigenvalue weighted by atomic mass is 19.1. The van der Waals surface area contributed by atoms with Crippen LogP contribution in [0.3, 0.4) is 0 Å². The lowest BCUT2D eigenvalue weighted by molar-refractivity contribution is 0.431. The summed E-state index contributed by atoms with van der Waals surface area (Å²) in [5, 5.41) is 12.0. The molecule has 0 spiro atoms. The summed E-state index contributed by atoms with van der Waals surface area (Å²) in [6, 6.07) is 12.2. The first-order chi connectivity index (χ1) is 13.3. The van der Waals surface area contributed by atoms with Crippen LogP contribution in [0.4, 0.5) is 4.39 Å². The molecule has 132 valence electrons. The number of halogens is 1. The summed E-state index contributed by atoms with van der Waals surface area (Å²) < 4.78 is 20.6. The van der Waals surface area contributed by atoms with Gasteiger partial charge in [0.2, 0.25) is 5.82 Å². The van der Waals surface area contributed by atoms with Crippen LogP contribution in [0.2, 0.25) is 0 Å². The van der Waals surface area contributed by atoms with Gasteiger partial charge < -0.3 is 9.51 Å². The SMILES string of the molecule is Fc1ccccc1Cn1cc(-c2nc(-c3ccc4nc[nH]c4c3)no2)nn1. The Kier molecular flexibility index (Phi) is 3.49. The molecule has 3 aromatic heterocycles. The Labute approximate surface area is 151 Å². The first kappa shape index (κ1) is 15.4. The van der Waals surface area contributed by atoms with Gasteiger partial charge in [0.05, 0.1) is 30.1 Å². The Morgan fingerprint density at radius 1 is 1.15 bits per heavy atom. The number of fused-ring (bicyclic) bond motifs is 1. The second-order valence-electron chi connectivity index (χ2n) is 5.95. The van der Waals surface area contributed by atoms with Gasteiger partial charge in [-0.15, -0.1) is 5.10 Å². The molecule has 5 aromatic rings. The first-order valence-electron chi connectivity index (χ1n) is 8.17. The molecule has 8 nitrogen and oxygen atoms in total. The second-order valence-corrected chi connectivity index (χ2v) is 5.95. The normalized spacial score (nSPS) is 11.3. The van der Waals surface area contributed by atoms with Crippen LogP contribution in [0.5, 0.6) is 0 Å². The average molecular weight is 361 g/mol. The lowest BCUT2D eigenvalue weighted by atomic mass is 10.2. The Morgan fingerprint density at radius 2 is 2.07 bits per heavy atom. The molecule has 0 saturated heterocycles. The smallest absolute Gasteiger partial charge is 0.280 e. The van der Waals surface area contributed by atoms with Gasteiger partial charge in [0.25, 0.3) is 5.89 Å². The highest BCUT2D eigenvalue weighted by molar-refractivity contribution is 5.80. The van der Waals surface area contributed by atoms with Crippen molar-refractivity contribution in [2.45, 2.75) is 6.54 Å². The molecule has 1 N–H and O–H groups in total. The fourth-order valence-corrected chi connectivity index (χ4v) is 2.79. The average Bonchev–Trinajstić information content (AvgIpc) is 3.43. The quantitative estimate of drug-likeness (QED) is 0.528. The van der Waals surface area contributed by atoms with Gasteiger partial charge in [-0.3, -0.25) is 0 Å². The molecule has 0 aliphatic carbocycles. The highest BCUT2D eigenvalue weighted by Crippen LogP contribution is 2.23. The van der Waals surface area contributed by atoms with Crippen LogP contribution in [-0.2, 0) is 6.54 Å². The van der Waals surface area contributed by atoms with Crippen LogP contribution < -0.4 is 0 Å². The maximum atomic E-state index is 13.8. The molecule has 0 fully saturated rings. The van der Waals surface area contributed by atoms with Gasteiger partial charge in [0.15, 0.2) is 5.69 Å². The van der Waals surface area contributed by atoms with Gasteiger partial charge in [0.1, 0.15) is 5.82 Å². The number of nitrogens with zero attached hydrogens (tertiary/aromatic N) is 6. The van der Waals surface area contributed by atoms with Gasteiger partial charge in [-0.25, -0.2) is 14.1 Å². The van der Waals surface area contributed by atoms with Crippen LogP contribution >= 0.6 is 0 Å². The lowest BCUT2D eigenvalue weighted by Gasteiger charge is -2.01. The van der Waals surface area contributed by atoms with Gasteiger partial charge in [-0.2, -0.15) is 4.98 Å². The monoisotopic (exact) mass is 361 g/mol. The van der Waals surface area contributed by atoms with Crippen LogP contribution in [0.1, 0.15) is 5.56 Å². The Bertz CT molecular complexity index is 1240. The standard InChI is InChI=1S/C18H12FN7O/c19-13-4-2-1-3-12(13)8-26-9-16(23-25-26)18-22-17(24-27-18)11-5-6-14-15(7-11)21-10-20-14/h1-7,9-10H,8H2,(H,20,21). The number of hydrogen-bond donors (Lipinski definition) is 1. The number of nitrogens with one attached hydrogen (secondary N) is 1. The van der Waals surface area contributed by atoms with Crippen molar-refractivity contribution < 1.29 is 8.91 Å². The molecule has 0 saturated carbocycles. The molecule has 2 aromatic carbocycles. The van der Waals surface area contributed by atoms with Crippen LogP contribution in [0, 0.1) is 5.82 Å². The molecule has 0 aliphatic rings. The minimum absolute atomic E-state index is 0.245. The molecular weight excluding hydrogens is 349 g/mol. The molecule has 0 unspecified atom stereocenters. The summed E-state index contributed by atoms with van der Waals surface area (Å²) in [7, 11) is 0. The molecule has 9 heteroatoms. The Balaban J connectivity index is 1.41. The van der Waals surface area contributed by atoms with Crippen molar-refractivity contribution in [1.29, 1.82) is 0 Å². The number of rotatable bonds is 4. The van der Waals surface area contributed by atoms with Crippen molar-refractivity contribution in [3.8, 4) is 23.0 Å². The molecular formula is C18H12FN7O. The topological polar surface area (TPSA) is 98.3 Å². The molecule has 5 rings (SSSR count). The maximum Gasteiger partial charge on any atom is 0.280 e. The third-order valence-electron chi connectivity index (χ3n) is 4.15. The van der Waals surface area contributed by atoms with Crippen LogP contribution in [0.15, 0.2) is 59.5 Å². The van der Waals surface area contributed by atoms with Crippen molar-refractivity contribution >= 4 is 11.0 Å². The van der Waals surface area contributed by atoms with Gasteiger partial charge in [-0.1, -0.05) is 28.6 Å². The van der Waals surface area contributed by atoms with E-state index in [1.165, 1.54) is 10.7 Å². The van der Waals surface area contributed by atoms with Crippen molar-refractivity contribution in [2.24, 2.45) is 0 Å². The molecule has 0 aliphatic heterocycles. The van der Waals surface area contributed by atoms with E-state index in [1.54, 1.807) is 30.7 Å². The summed E-state index contributed by atoms with van der Waals surface area (Å²) in [4.78, 5) is 11.6. The third-order valence-corrected chi connectivity index (χ3v) is 4.15. The second kappa shape index (κ2) is 6.13. The number of aromatic nitrogens is 7. The van der Waals surface area contributed by atoms with E-state index < -0.39 is 0 Å². The number of hydrogen-bond acceptors (Lipinski definition) is 6. The summed E-state index contributed by atoms with van der Waals surface area (Å²) in [6.07, 6.45) is 3.27. The number of imidazole rings is 1. The fourth-order valence-electron chi connectivity index (χ4n) is 2.79. The molecule has 0 bridgehead atoms. The summed E-state index contributed by atoms with van der Waals surface area (Å²) >= 11 is 0. The zero-order valence-corrected chi connectivity index (χ0v) is 13.9.